The zero-order valence-corrected chi connectivity index (χ0v) is 13.3. The molecule has 1 N–H and O–H groups in total. The molecule has 1 saturated heterocycles. The van der Waals surface area contributed by atoms with Crippen LogP contribution in [0.1, 0.15) is 23.0 Å². The molecule has 1 amide bonds. The molecule has 0 unspecified atom stereocenters. The highest BCUT2D eigenvalue weighted by Crippen LogP contribution is 2.16. The van der Waals surface area contributed by atoms with E-state index in [9.17, 15) is 4.79 Å². The van der Waals surface area contributed by atoms with Crippen molar-refractivity contribution in [2.75, 3.05) is 26.2 Å². The zero-order valence-electron chi connectivity index (χ0n) is 12.5. The van der Waals surface area contributed by atoms with E-state index in [0.717, 1.165) is 44.1 Å². The predicted molar refractivity (Wildman–Crippen MR) is 86.8 cm³/mol. The van der Waals surface area contributed by atoms with Crippen molar-refractivity contribution >= 4 is 18.3 Å². The van der Waals surface area contributed by atoms with Gasteiger partial charge in [-0.3, -0.25) is 4.79 Å². The Morgan fingerprint density at radius 3 is 2.73 bits per heavy atom. The molecule has 0 saturated carbocycles. The van der Waals surface area contributed by atoms with E-state index in [1.165, 1.54) is 0 Å². The summed E-state index contributed by atoms with van der Waals surface area (Å²) in [5.74, 6) is 0.809. The van der Waals surface area contributed by atoms with Gasteiger partial charge in [-0.05, 0) is 18.6 Å². The third kappa shape index (κ3) is 3.13. The number of piperazine rings is 1. The Bertz CT molecular complexity index is 622. The van der Waals surface area contributed by atoms with Gasteiger partial charge in [-0.1, -0.05) is 13.0 Å². The average Bonchev–Trinajstić information content (AvgIpc) is 2.99. The van der Waals surface area contributed by atoms with Crippen LogP contribution in [-0.4, -0.2) is 51.8 Å². The van der Waals surface area contributed by atoms with Gasteiger partial charge in [-0.2, -0.15) is 5.10 Å². The number of amides is 1. The number of hydrogen-bond donors (Lipinski definition) is 1. The maximum absolute atomic E-state index is 12.6. The summed E-state index contributed by atoms with van der Waals surface area (Å²) < 4.78 is 1.76. The quantitative estimate of drug-likeness (QED) is 0.925. The topological polar surface area (TPSA) is 63.1 Å². The summed E-state index contributed by atoms with van der Waals surface area (Å²) in [6.07, 6.45) is 4.13. The molecule has 22 heavy (non-hydrogen) atoms. The largest absolute Gasteiger partial charge is 0.336 e. The number of pyridine rings is 1. The van der Waals surface area contributed by atoms with E-state index in [0.29, 0.717) is 5.56 Å². The molecule has 2 aromatic rings. The fourth-order valence-corrected chi connectivity index (χ4v) is 2.61. The highest BCUT2D eigenvalue weighted by molar-refractivity contribution is 5.95. The summed E-state index contributed by atoms with van der Waals surface area (Å²) in [5.41, 5.74) is 1.60. The van der Waals surface area contributed by atoms with Gasteiger partial charge in [0.2, 0.25) is 0 Å². The van der Waals surface area contributed by atoms with Crippen LogP contribution in [0.2, 0.25) is 0 Å². The first-order valence-electron chi connectivity index (χ1n) is 7.29. The summed E-state index contributed by atoms with van der Waals surface area (Å²) in [7, 11) is 0. The van der Waals surface area contributed by atoms with Crippen LogP contribution < -0.4 is 5.32 Å². The Labute approximate surface area is 135 Å². The van der Waals surface area contributed by atoms with E-state index in [-0.39, 0.29) is 18.3 Å². The van der Waals surface area contributed by atoms with Crippen molar-refractivity contribution in [2.45, 2.75) is 13.3 Å². The van der Waals surface area contributed by atoms with Crippen molar-refractivity contribution in [3.05, 3.63) is 41.9 Å². The van der Waals surface area contributed by atoms with Crippen molar-refractivity contribution in [2.24, 2.45) is 0 Å². The van der Waals surface area contributed by atoms with Crippen molar-refractivity contribution in [1.82, 2.24) is 25.0 Å². The molecule has 118 valence electrons. The van der Waals surface area contributed by atoms with Crippen molar-refractivity contribution in [3.63, 3.8) is 0 Å². The summed E-state index contributed by atoms with van der Waals surface area (Å²) in [6.45, 7) is 5.22. The second-order valence-electron chi connectivity index (χ2n) is 5.00. The zero-order chi connectivity index (χ0) is 14.7. The lowest BCUT2D eigenvalue weighted by molar-refractivity contribution is 0.0734. The molecule has 3 rings (SSSR count). The molecule has 1 fully saturated rings. The van der Waals surface area contributed by atoms with Crippen molar-refractivity contribution in [1.29, 1.82) is 0 Å². The first kappa shape index (κ1) is 16.5. The molecule has 1 aliphatic heterocycles. The lowest BCUT2D eigenvalue weighted by Gasteiger charge is -2.27. The van der Waals surface area contributed by atoms with Gasteiger partial charge in [0.15, 0.2) is 5.82 Å². The van der Waals surface area contributed by atoms with Gasteiger partial charge in [0.1, 0.15) is 0 Å². The van der Waals surface area contributed by atoms with Gasteiger partial charge in [0.25, 0.3) is 5.91 Å². The monoisotopic (exact) mass is 321 g/mol. The molecule has 0 aliphatic carbocycles. The Hall–Kier alpha value is -1.92. The summed E-state index contributed by atoms with van der Waals surface area (Å²) >= 11 is 0. The van der Waals surface area contributed by atoms with Crippen LogP contribution in [0.25, 0.3) is 5.82 Å². The van der Waals surface area contributed by atoms with Gasteiger partial charge in [0.05, 0.1) is 17.5 Å². The molecule has 3 heterocycles. The molecule has 7 heteroatoms. The molecule has 0 bridgehead atoms. The van der Waals surface area contributed by atoms with Crippen LogP contribution in [0.3, 0.4) is 0 Å². The lowest BCUT2D eigenvalue weighted by Crippen LogP contribution is -2.46. The maximum Gasteiger partial charge on any atom is 0.257 e. The fraction of sp³-hybridized carbons (Fsp3) is 0.400. The van der Waals surface area contributed by atoms with Crippen LogP contribution in [0, 0.1) is 0 Å². The number of carbonyl (C=O) groups is 1. The Kier molecular flexibility index (Phi) is 5.51. The van der Waals surface area contributed by atoms with Gasteiger partial charge in [-0.15, -0.1) is 12.4 Å². The lowest BCUT2D eigenvalue weighted by atomic mass is 10.1. The number of nitrogens with zero attached hydrogens (tertiary/aromatic N) is 4. The Balaban J connectivity index is 0.00000176. The average molecular weight is 322 g/mol. The molecule has 0 radical (unpaired) electrons. The molecular weight excluding hydrogens is 302 g/mol. The van der Waals surface area contributed by atoms with Crippen LogP contribution >= 0.6 is 12.4 Å². The number of aromatic nitrogens is 3. The van der Waals surface area contributed by atoms with Gasteiger partial charge in [0, 0.05) is 32.4 Å². The van der Waals surface area contributed by atoms with Crippen LogP contribution in [0.15, 0.2) is 30.6 Å². The van der Waals surface area contributed by atoms with E-state index in [1.807, 2.05) is 30.0 Å². The van der Waals surface area contributed by atoms with E-state index in [1.54, 1.807) is 17.1 Å². The molecule has 0 spiro atoms. The van der Waals surface area contributed by atoms with Crippen LogP contribution in [0.4, 0.5) is 0 Å². The van der Waals surface area contributed by atoms with E-state index < -0.39 is 0 Å². The summed E-state index contributed by atoms with van der Waals surface area (Å²) in [4.78, 5) is 18.8. The second kappa shape index (κ2) is 7.38. The molecule has 2 aromatic heterocycles. The SMILES string of the molecule is CCc1c(C(=O)N2CCNCC2)cnn1-c1ccccn1.Cl. The Morgan fingerprint density at radius 1 is 1.32 bits per heavy atom. The first-order chi connectivity index (χ1) is 10.3. The third-order valence-electron chi connectivity index (χ3n) is 3.70. The predicted octanol–water partition coefficient (Wildman–Crippen LogP) is 1.30. The van der Waals surface area contributed by atoms with Gasteiger partial charge in [-0.25, -0.2) is 9.67 Å². The van der Waals surface area contributed by atoms with Gasteiger partial charge < -0.3 is 10.2 Å². The number of rotatable bonds is 3. The number of halogens is 1. The minimum atomic E-state index is 0. The van der Waals surface area contributed by atoms with Crippen LogP contribution in [0.5, 0.6) is 0 Å². The highest BCUT2D eigenvalue weighted by atomic mass is 35.5. The number of nitrogens with one attached hydrogen (secondary N) is 1. The van der Waals surface area contributed by atoms with E-state index in [2.05, 4.69) is 15.4 Å². The highest BCUT2D eigenvalue weighted by Gasteiger charge is 2.23. The summed E-state index contributed by atoms with van der Waals surface area (Å²) in [5, 5.41) is 7.62. The maximum atomic E-state index is 12.6. The van der Waals surface area contributed by atoms with Gasteiger partial charge >= 0.3 is 0 Å². The number of carbonyl (C=O) groups excluding carboxylic acids is 1. The van der Waals surface area contributed by atoms with E-state index in [4.69, 9.17) is 0 Å². The molecule has 6 nitrogen and oxygen atoms in total. The smallest absolute Gasteiger partial charge is 0.257 e. The number of hydrogen-bond acceptors (Lipinski definition) is 4. The summed E-state index contributed by atoms with van der Waals surface area (Å²) in [6, 6.07) is 5.68. The molecule has 0 aromatic carbocycles. The van der Waals surface area contributed by atoms with E-state index >= 15 is 0 Å². The first-order valence-corrected chi connectivity index (χ1v) is 7.29. The Morgan fingerprint density at radius 2 is 2.09 bits per heavy atom. The normalized spacial score (nSPS) is 14.5. The van der Waals surface area contributed by atoms with Crippen LogP contribution in [-0.2, 0) is 6.42 Å². The van der Waals surface area contributed by atoms with Crippen molar-refractivity contribution < 1.29 is 4.79 Å². The fourth-order valence-electron chi connectivity index (χ4n) is 2.61. The minimum Gasteiger partial charge on any atom is -0.336 e. The minimum absolute atomic E-state index is 0. The molecular formula is C15H20ClN5O. The standard InChI is InChI=1S/C15H19N5O.ClH/c1-2-13-12(15(21)19-9-7-16-8-10-19)11-18-20(13)14-5-3-4-6-17-14;/h3-6,11,16H,2,7-10H2,1H3;1H. The van der Waals surface area contributed by atoms with Crippen molar-refractivity contribution in [3.8, 4) is 5.82 Å². The third-order valence-corrected chi connectivity index (χ3v) is 3.70. The second-order valence-corrected chi connectivity index (χ2v) is 5.00. The molecule has 1 aliphatic rings. The molecule has 0 atom stereocenters.